The molecule has 2 aliphatic rings. The molecule has 2 aliphatic heterocycles. The average molecular weight is 1080 g/mol. The van der Waals surface area contributed by atoms with Crippen LogP contribution in [0.3, 0.4) is 0 Å². The number of hydrogen-bond acceptors (Lipinski definition) is 8. The summed E-state index contributed by atoms with van der Waals surface area (Å²) < 4.78 is 59.6. The maximum atomic E-state index is 7.90. The normalized spacial score (nSPS) is 13.6. The molecule has 0 bridgehead atoms. The Hall–Kier alpha value is -10.3. The molecule has 0 aliphatic carbocycles. The number of hydrogen-bond donors (Lipinski definition) is 0. The van der Waals surface area contributed by atoms with Crippen LogP contribution in [-0.2, 0) is 0 Å². The van der Waals surface area contributed by atoms with Crippen molar-refractivity contribution in [1.82, 2.24) is 9.97 Å². The van der Waals surface area contributed by atoms with Crippen LogP contribution in [0.1, 0.15) is 19.6 Å². The first kappa shape index (κ1) is 42.6. The lowest BCUT2D eigenvalue weighted by atomic mass is 9.33. The van der Waals surface area contributed by atoms with E-state index in [-0.39, 0.29) is 23.8 Å². The van der Waals surface area contributed by atoms with Gasteiger partial charge in [-0.3, -0.25) is 0 Å². The molecule has 82 heavy (non-hydrogen) atoms. The highest BCUT2D eigenvalue weighted by atomic mass is 35.5. The molecule has 4 aromatic heterocycles. The summed E-state index contributed by atoms with van der Waals surface area (Å²) in [4.78, 5) is 17.8. The fraction of sp³-hybridized carbons (Fsp3) is 0.0278. The van der Waals surface area contributed by atoms with Gasteiger partial charge in [0.1, 0.15) is 11.2 Å². The number of aromatic nitrogens is 2. The van der Waals surface area contributed by atoms with Crippen molar-refractivity contribution in [2.75, 3.05) is 19.6 Å². The van der Waals surface area contributed by atoms with Crippen LogP contribution in [0.15, 0.2) is 276 Å². The van der Waals surface area contributed by atoms with Crippen LogP contribution in [0.5, 0.6) is 0 Å². The summed E-state index contributed by atoms with van der Waals surface area (Å²) in [7, 11) is 0. The van der Waals surface area contributed by atoms with Gasteiger partial charge in [-0.05, 0) is 164 Å². The lowest BCUT2D eigenvalue weighted by molar-refractivity contribution is 0.652. The SMILES string of the molecule is [2H]C([2H])([2H])c1ccc2c(n1)oc1ccc3c(c12)N(c1ccccc1)c1cccc2c1B3c1ccccc1N2c1ccccc1.[2H]C([2H])([2H])c1ccc2c(n1)oc1cccc(N(c3ccccc3)c3cccc(N(c4ccccc4)c4ccccc4)c3Cl)c12. The third kappa shape index (κ3) is 8.07. The lowest BCUT2D eigenvalue weighted by Crippen LogP contribution is -2.61. The van der Waals surface area contributed by atoms with Crippen molar-refractivity contribution in [2.45, 2.75) is 13.7 Å². The van der Waals surface area contributed by atoms with E-state index >= 15 is 0 Å². The summed E-state index contributed by atoms with van der Waals surface area (Å²) in [5.41, 5.74) is 17.3. The van der Waals surface area contributed by atoms with E-state index < -0.39 is 13.7 Å². The molecule has 6 heterocycles. The minimum absolute atomic E-state index is 0.0109. The number of fused-ring (bicyclic) bond motifs is 11. The first-order valence-electron chi connectivity index (χ1n) is 30.0. The van der Waals surface area contributed by atoms with Gasteiger partial charge < -0.3 is 28.4 Å². The Balaban J connectivity index is 0.000000148. The first-order valence-corrected chi connectivity index (χ1v) is 27.4. The van der Waals surface area contributed by atoms with Crippen molar-refractivity contribution in [3.05, 3.63) is 283 Å². The smallest absolute Gasteiger partial charge is 0.252 e. The van der Waals surface area contributed by atoms with Crippen LogP contribution in [0.25, 0.3) is 44.1 Å². The Morgan fingerprint density at radius 2 is 0.866 bits per heavy atom. The number of nitrogens with zero attached hydrogens (tertiary/aromatic N) is 6. The minimum Gasteiger partial charge on any atom is -0.438 e. The van der Waals surface area contributed by atoms with Crippen molar-refractivity contribution in [2.24, 2.45) is 0 Å². The molecule has 16 rings (SSSR count). The van der Waals surface area contributed by atoms with Gasteiger partial charge in [-0.15, -0.1) is 0 Å². The number of aryl methyl sites for hydroxylation is 2. The predicted molar refractivity (Wildman–Crippen MR) is 341 cm³/mol. The number of rotatable bonds is 8. The molecule has 0 N–H and O–H groups in total. The monoisotopic (exact) mass is 1080 g/mol. The van der Waals surface area contributed by atoms with Gasteiger partial charge in [0.2, 0.25) is 11.4 Å². The summed E-state index contributed by atoms with van der Waals surface area (Å²) in [5.74, 6) is 0. The van der Waals surface area contributed by atoms with Crippen molar-refractivity contribution in [3.8, 4) is 0 Å². The Morgan fingerprint density at radius 3 is 1.48 bits per heavy atom. The van der Waals surface area contributed by atoms with Crippen molar-refractivity contribution < 1.29 is 17.1 Å². The van der Waals surface area contributed by atoms with E-state index in [4.69, 9.17) is 28.7 Å². The van der Waals surface area contributed by atoms with Crippen molar-refractivity contribution >= 4 is 147 Å². The maximum absolute atomic E-state index is 7.90. The third-order valence-corrected chi connectivity index (χ3v) is 15.8. The molecule has 390 valence electrons. The van der Waals surface area contributed by atoms with Crippen LogP contribution in [0.2, 0.25) is 5.02 Å². The summed E-state index contributed by atoms with van der Waals surface area (Å²) in [6, 6.07) is 89.1. The largest absolute Gasteiger partial charge is 0.438 e. The zero-order chi connectivity index (χ0) is 59.8. The van der Waals surface area contributed by atoms with Gasteiger partial charge in [0.25, 0.3) is 6.71 Å². The molecule has 0 saturated heterocycles. The number of furan rings is 2. The molecule has 0 spiro atoms. The predicted octanol–water partition coefficient (Wildman–Crippen LogP) is 18.3. The van der Waals surface area contributed by atoms with E-state index in [1.165, 1.54) is 10.9 Å². The van der Waals surface area contributed by atoms with E-state index in [9.17, 15) is 0 Å². The molecule has 0 saturated carbocycles. The van der Waals surface area contributed by atoms with E-state index in [0.29, 0.717) is 27.3 Å². The minimum atomic E-state index is -2.34. The number of halogens is 1. The summed E-state index contributed by atoms with van der Waals surface area (Å²) >= 11 is 7.43. The second kappa shape index (κ2) is 20.1. The number of benzene rings is 10. The number of pyridine rings is 2. The van der Waals surface area contributed by atoms with Crippen LogP contribution >= 0.6 is 11.6 Å². The average Bonchev–Trinajstić information content (AvgIpc) is 1.06. The molecule has 0 radical (unpaired) electrons. The Kier molecular flexibility index (Phi) is 10.4. The van der Waals surface area contributed by atoms with Gasteiger partial charge >= 0.3 is 0 Å². The summed E-state index contributed by atoms with van der Waals surface area (Å²) in [5, 5.41) is 3.79. The zero-order valence-electron chi connectivity index (χ0n) is 49.9. The van der Waals surface area contributed by atoms with E-state index in [1.54, 1.807) is 18.2 Å². The topological polar surface area (TPSA) is 65.0 Å². The molecule has 10 heteroatoms. The van der Waals surface area contributed by atoms with Crippen LogP contribution in [-0.4, -0.2) is 16.7 Å². The van der Waals surface area contributed by atoms with Crippen molar-refractivity contribution in [1.29, 1.82) is 0 Å². The molecular formula is C72H50BClN6O2. The van der Waals surface area contributed by atoms with E-state index in [2.05, 4.69) is 151 Å². The van der Waals surface area contributed by atoms with Crippen molar-refractivity contribution in [3.63, 3.8) is 0 Å². The number of para-hydroxylation sites is 6. The van der Waals surface area contributed by atoms with E-state index in [1.807, 2.05) is 127 Å². The second-order valence-corrected chi connectivity index (χ2v) is 20.5. The Labute approximate surface area is 488 Å². The molecule has 0 atom stereocenters. The van der Waals surface area contributed by atoms with E-state index in [0.717, 1.165) is 89.9 Å². The molecule has 14 aromatic rings. The molecule has 8 nitrogen and oxygen atoms in total. The van der Waals surface area contributed by atoms with Crippen LogP contribution < -0.4 is 36.0 Å². The second-order valence-electron chi connectivity index (χ2n) is 20.2. The lowest BCUT2D eigenvalue weighted by Gasteiger charge is -2.44. The highest BCUT2D eigenvalue weighted by Crippen LogP contribution is 2.50. The molecule has 0 amide bonds. The van der Waals surface area contributed by atoms with Gasteiger partial charge in [0, 0.05) is 65.1 Å². The summed E-state index contributed by atoms with van der Waals surface area (Å²) in [6.45, 7) is -4.70. The van der Waals surface area contributed by atoms with Gasteiger partial charge in [0.15, 0.2) is 0 Å². The molecule has 0 fully saturated rings. The molecule has 0 unspecified atom stereocenters. The molecular weight excluding hydrogens is 1030 g/mol. The third-order valence-electron chi connectivity index (χ3n) is 15.5. The number of anilines is 12. The van der Waals surface area contributed by atoms with Crippen LogP contribution in [0, 0.1) is 13.7 Å². The maximum Gasteiger partial charge on any atom is 0.252 e. The zero-order valence-corrected chi connectivity index (χ0v) is 44.6. The highest BCUT2D eigenvalue weighted by molar-refractivity contribution is 7.00. The van der Waals surface area contributed by atoms with Gasteiger partial charge in [-0.2, -0.15) is 0 Å². The first-order chi connectivity index (χ1) is 42.9. The quantitative estimate of drug-likeness (QED) is 0.140. The highest BCUT2D eigenvalue weighted by Gasteiger charge is 2.44. The fourth-order valence-electron chi connectivity index (χ4n) is 12.1. The standard InChI is InChI=1S/C36H24BN3O.C36H26ClN3O/c1-23-19-20-26-33-32(41-36(26)38-23)22-21-28-35(33)40(25-13-6-3-7-14-25)31-18-10-17-30-34(31)37(28)27-15-8-9-16-29(27)39(30)24-11-4-2-5-12-24;1-25-23-24-29-34-30(19-12-22-33(34)41-36(29)38-25)40(28-17-9-4-10-18-28)32-21-11-20-31(35(32)37)39(26-13-5-2-6-14-26)27-15-7-3-8-16-27/h2-22H,1H3;2-24H,1H3/i2*1D3. The molecule has 10 aromatic carbocycles. The van der Waals surface area contributed by atoms with Gasteiger partial charge in [-0.1, -0.05) is 145 Å². The Bertz CT molecular complexity index is 4920. The summed E-state index contributed by atoms with van der Waals surface area (Å²) in [6.07, 6.45) is 0. The van der Waals surface area contributed by atoms with Gasteiger partial charge in [-0.25, -0.2) is 9.97 Å². The van der Waals surface area contributed by atoms with Gasteiger partial charge in [0.05, 0.1) is 49.3 Å². The Morgan fingerprint density at radius 1 is 0.402 bits per heavy atom. The fourth-order valence-corrected chi connectivity index (χ4v) is 12.4. The van der Waals surface area contributed by atoms with Crippen LogP contribution in [0.4, 0.5) is 68.2 Å².